The number of hydrogen-bond donors (Lipinski definition) is 2. The van der Waals surface area contributed by atoms with Gasteiger partial charge in [0.05, 0.1) is 24.0 Å². The van der Waals surface area contributed by atoms with Gasteiger partial charge in [-0.05, 0) is 18.2 Å². The highest BCUT2D eigenvalue weighted by atomic mass is 35.5. The first-order valence-electron chi connectivity index (χ1n) is 7.11. The number of thioether (sulfide) groups is 1. The molecule has 0 bridgehead atoms. The lowest BCUT2D eigenvalue weighted by atomic mass is 10.2. The average molecular weight is 378 g/mol. The van der Waals surface area contributed by atoms with Crippen molar-refractivity contribution in [1.29, 1.82) is 0 Å². The van der Waals surface area contributed by atoms with Crippen molar-refractivity contribution in [3.63, 3.8) is 0 Å². The summed E-state index contributed by atoms with van der Waals surface area (Å²) in [5, 5.41) is 19.1. The largest absolute Gasteiger partial charge is 0.481 e. The highest BCUT2D eigenvalue weighted by molar-refractivity contribution is 8.15. The van der Waals surface area contributed by atoms with Gasteiger partial charge in [0.2, 0.25) is 5.91 Å². The number of aromatic nitrogens is 2. The quantitative estimate of drug-likeness (QED) is 0.611. The van der Waals surface area contributed by atoms with Crippen molar-refractivity contribution in [2.45, 2.75) is 11.7 Å². The molecule has 0 radical (unpaired) electrons. The molecule has 2 heterocycles. The van der Waals surface area contributed by atoms with Crippen LogP contribution in [0.2, 0.25) is 5.02 Å². The minimum absolute atomic E-state index is 0.263. The fourth-order valence-corrected chi connectivity index (χ4v) is 3.22. The van der Waals surface area contributed by atoms with Gasteiger partial charge in [-0.1, -0.05) is 23.4 Å². The second kappa shape index (κ2) is 7.49. The molecule has 1 amide bonds. The minimum Gasteiger partial charge on any atom is -0.481 e. The normalized spacial score (nSPS) is 18.8. The summed E-state index contributed by atoms with van der Waals surface area (Å²) in [6, 6.07) is 5.42. The molecule has 1 aliphatic rings. The Kier molecular flexibility index (Phi) is 5.15. The van der Waals surface area contributed by atoms with Crippen LogP contribution in [0.15, 0.2) is 47.1 Å². The van der Waals surface area contributed by atoms with Gasteiger partial charge >= 0.3 is 5.97 Å². The van der Waals surface area contributed by atoms with E-state index in [1.165, 1.54) is 6.21 Å². The van der Waals surface area contributed by atoms with Crippen LogP contribution in [0, 0.1) is 0 Å². The molecule has 1 atom stereocenters. The van der Waals surface area contributed by atoms with E-state index in [4.69, 9.17) is 16.7 Å². The van der Waals surface area contributed by atoms with Crippen LogP contribution in [0.1, 0.15) is 12.0 Å². The molecule has 8 nitrogen and oxygen atoms in total. The number of halogens is 1. The molecule has 3 rings (SSSR count). The predicted molar refractivity (Wildman–Crippen MR) is 95.4 cm³/mol. The van der Waals surface area contributed by atoms with Gasteiger partial charge in [0.15, 0.2) is 5.17 Å². The minimum atomic E-state index is -1.04. The number of amides is 1. The summed E-state index contributed by atoms with van der Waals surface area (Å²) in [6.07, 6.45) is 6.34. The topological polar surface area (TPSA) is 109 Å². The van der Waals surface area contributed by atoms with Crippen LogP contribution >= 0.6 is 23.4 Å². The number of hydrogen-bond acceptors (Lipinski definition) is 6. The van der Waals surface area contributed by atoms with Gasteiger partial charge in [0, 0.05) is 23.6 Å². The lowest BCUT2D eigenvalue weighted by Crippen LogP contribution is -2.26. The van der Waals surface area contributed by atoms with Gasteiger partial charge in [-0.15, -0.1) is 5.10 Å². The van der Waals surface area contributed by atoms with Crippen LogP contribution in [-0.2, 0) is 9.59 Å². The molecule has 0 aliphatic carbocycles. The molecule has 1 aromatic heterocycles. The summed E-state index contributed by atoms with van der Waals surface area (Å²) in [5.74, 6) is -1.42. The molecule has 10 heteroatoms. The number of rotatable bonds is 5. The smallest absolute Gasteiger partial charge is 0.305 e. The standard InChI is InChI=1S/C15H12ClN5O3S/c16-11-5-10(21-4-3-17-8-21)2-1-9(11)7-18-20-15-19-14(24)12(25-15)6-13(22)23/h1-5,7-8,12H,6H2,(H,22,23)(H,19,20,24). The van der Waals surface area contributed by atoms with Crippen molar-refractivity contribution in [2.24, 2.45) is 10.2 Å². The van der Waals surface area contributed by atoms with Crippen molar-refractivity contribution in [3.05, 3.63) is 47.5 Å². The number of nitrogens with zero attached hydrogens (tertiary/aromatic N) is 4. The van der Waals surface area contributed by atoms with Crippen LogP contribution in [0.3, 0.4) is 0 Å². The zero-order chi connectivity index (χ0) is 17.8. The van der Waals surface area contributed by atoms with Crippen LogP contribution in [0.5, 0.6) is 0 Å². The molecule has 2 N–H and O–H groups in total. The highest BCUT2D eigenvalue weighted by Gasteiger charge is 2.32. The molecule has 2 aromatic rings. The average Bonchev–Trinajstić information content (AvgIpc) is 3.19. The van der Waals surface area contributed by atoms with Gasteiger partial charge in [0.25, 0.3) is 0 Å². The van der Waals surface area contributed by atoms with E-state index >= 15 is 0 Å². The maximum Gasteiger partial charge on any atom is 0.305 e. The van der Waals surface area contributed by atoms with E-state index in [2.05, 4.69) is 20.5 Å². The molecule has 0 saturated carbocycles. The zero-order valence-corrected chi connectivity index (χ0v) is 14.2. The van der Waals surface area contributed by atoms with Crippen molar-refractivity contribution >= 4 is 46.6 Å². The third-order valence-corrected chi connectivity index (χ3v) is 4.67. The van der Waals surface area contributed by atoms with E-state index in [1.54, 1.807) is 30.9 Å². The SMILES string of the molecule is O=C(O)CC1SC(=NN=Cc2ccc(-n3ccnc3)cc2Cl)NC1=O. The predicted octanol–water partition coefficient (Wildman–Crippen LogP) is 1.92. The van der Waals surface area contributed by atoms with E-state index in [9.17, 15) is 9.59 Å². The van der Waals surface area contributed by atoms with E-state index in [-0.39, 0.29) is 17.5 Å². The van der Waals surface area contributed by atoms with Gasteiger partial charge < -0.3 is 15.0 Å². The van der Waals surface area contributed by atoms with Crippen LogP contribution in [-0.4, -0.2) is 43.2 Å². The van der Waals surface area contributed by atoms with Gasteiger partial charge in [-0.2, -0.15) is 5.10 Å². The number of benzene rings is 1. The number of aliphatic carboxylic acids is 1. The van der Waals surface area contributed by atoms with E-state index in [1.807, 2.05) is 10.6 Å². The van der Waals surface area contributed by atoms with Crippen molar-refractivity contribution < 1.29 is 14.7 Å². The molecule has 0 spiro atoms. The number of carboxylic acid groups (broad SMARTS) is 1. The second-order valence-electron chi connectivity index (χ2n) is 5.02. The Hall–Kier alpha value is -2.65. The summed E-state index contributed by atoms with van der Waals surface area (Å²) in [5.41, 5.74) is 1.52. The number of imidazole rings is 1. The molecular weight excluding hydrogens is 366 g/mol. The molecule has 1 fully saturated rings. The Balaban J connectivity index is 1.68. The van der Waals surface area contributed by atoms with Gasteiger partial charge in [-0.3, -0.25) is 9.59 Å². The number of carboxylic acids is 1. The Labute approximate surface area is 151 Å². The number of nitrogens with one attached hydrogen (secondary N) is 1. The van der Waals surface area contributed by atoms with Gasteiger partial charge in [-0.25, -0.2) is 4.98 Å². The highest BCUT2D eigenvalue weighted by Crippen LogP contribution is 2.22. The first kappa shape index (κ1) is 17.2. The monoisotopic (exact) mass is 377 g/mol. The number of amidine groups is 1. The third-order valence-electron chi connectivity index (χ3n) is 3.27. The Morgan fingerprint density at radius 1 is 1.52 bits per heavy atom. The summed E-state index contributed by atoms with van der Waals surface area (Å²) >= 11 is 7.27. The maximum absolute atomic E-state index is 11.6. The molecule has 128 valence electrons. The summed E-state index contributed by atoms with van der Waals surface area (Å²) in [6.45, 7) is 0. The van der Waals surface area contributed by atoms with Crippen molar-refractivity contribution in [3.8, 4) is 5.69 Å². The Bertz CT molecular complexity index is 866. The molecule has 25 heavy (non-hydrogen) atoms. The molecule has 1 aromatic carbocycles. The summed E-state index contributed by atoms with van der Waals surface area (Å²) in [7, 11) is 0. The third kappa shape index (κ3) is 4.25. The fourth-order valence-electron chi connectivity index (χ4n) is 2.08. The van der Waals surface area contributed by atoms with E-state index < -0.39 is 11.2 Å². The maximum atomic E-state index is 11.6. The number of carbonyl (C=O) groups is 2. The van der Waals surface area contributed by atoms with E-state index in [0.717, 1.165) is 17.4 Å². The first-order chi connectivity index (χ1) is 12.0. The van der Waals surface area contributed by atoms with Gasteiger partial charge in [0.1, 0.15) is 5.25 Å². The number of carbonyl (C=O) groups excluding carboxylic acids is 1. The van der Waals surface area contributed by atoms with Crippen LogP contribution < -0.4 is 5.32 Å². The van der Waals surface area contributed by atoms with Crippen LogP contribution in [0.25, 0.3) is 5.69 Å². The molecular formula is C15H12ClN5O3S. The molecule has 1 unspecified atom stereocenters. The summed E-state index contributed by atoms with van der Waals surface area (Å²) < 4.78 is 1.82. The Morgan fingerprint density at radius 2 is 2.36 bits per heavy atom. The van der Waals surface area contributed by atoms with E-state index in [0.29, 0.717) is 10.6 Å². The lowest BCUT2D eigenvalue weighted by molar-refractivity contribution is -0.138. The first-order valence-corrected chi connectivity index (χ1v) is 8.37. The lowest BCUT2D eigenvalue weighted by Gasteiger charge is -2.04. The second-order valence-corrected chi connectivity index (χ2v) is 6.62. The Morgan fingerprint density at radius 3 is 3.04 bits per heavy atom. The van der Waals surface area contributed by atoms with Crippen molar-refractivity contribution in [2.75, 3.05) is 0 Å². The fraction of sp³-hybridized carbons (Fsp3) is 0.133. The summed E-state index contributed by atoms with van der Waals surface area (Å²) in [4.78, 5) is 26.3. The van der Waals surface area contributed by atoms with Crippen LogP contribution in [0.4, 0.5) is 0 Å². The molecule has 1 aliphatic heterocycles. The molecule has 1 saturated heterocycles. The zero-order valence-electron chi connectivity index (χ0n) is 12.7. The van der Waals surface area contributed by atoms with Crippen molar-refractivity contribution in [1.82, 2.24) is 14.9 Å².